The zero-order valence-corrected chi connectivity index (χ0v) is 18.4. The summed E-state index contributed by atoms with van der Waals surface area (Å²) in [5.41, 5.74) is 1.29. The Bertz CT molecular complexity index is 1180. The molecule has 2 aromatic carbocycles. The maximum absolute atomic E-state index is 13.2. The number of anilines is 1. The van der Waals surface area contributed by atoms with Crippen LogP contribution in [-0.2, 0) is 19.1 Å². The third-order valence-electron chi connectivity index (χ3n) is 6.66. The number of nitrogens with zero attached hydrogens (tertiary/aromatic N) is 4. The van der Waals surface area contributed by atoms with Crippen molar-refractivity contribution in [3.63, 3.8) is 0 Å². The molecule has 1 fully saturated rings. The number of hydrogen-bond acceptors (Lipinski definition) is 3. The van der Waals surface area contributed by atoms with Crippen molar-refractivity contribution in [2.75, 3.05) is 31.1 Å². The topological polar surface area (TPSA) is 41.4 Å². The molecule has 1 unspecified atom stereocenters. The van der Waals surface area contributed by atoms with Gasteiger partial charge in [-0.3, -0.25) is 4.79 Å². The lowest BCUT2D eigenvalue weighted by molar-refractivity contribution is -0.137. The summed E-state index contributed by atoms with van der Waals surface area (Å²) >= 11 is 0. The molecular weight excluding hydrogens is 448 g/mol. The normalized spacial score (nSPS) is 18.6. The first-order valence-electron chi connectivity index (χ1n) is 11.3. The standard InChI is InChI=1S/C25H24F4N4O/c26-20-7-4-17(5-8-20)18-6-9-23-30-22(16-33(23)15-18)24(34)32-12-10-31(11-13-32)21-3-1-2-19(14-21)25(27,28)29/h1-5,7-8,14,16,18H,6,9-13,15H2. The molecule has 0 spiro atoms. The number of aromatic nitrogens is 2. The Morgan fingerprint density at radius 1 is 1.00 bits per heavy atom. The number of halogens is 4. The molecule has 9 heteroatoms. The molecule has 3 aromatic rings. The molecule has 34 heavy (non-hydrogen) atoms. The second-order valence-corrected chi connectivity index (χ2v) is 8.81. The van der Waals surface area contributed by atoms with E-state index in [0.717, 1.165) is 36.4 Å². The fourth-order valence-electron chi connectivity index (χ4n) is 4.76. The highest BCUT2D eigenvalue weighted by Crippen LogP contribution is 2.32. The van der Waals surface area contributed by atoms with Crippen LogP contribution in [0.3, 0.4) is 0 Å². The Labute approximate surface area is 194 Å². The number of carbonyl (C=O) groups is 1. The maximum atomic E-state index is 13.2. The average Bonchev–Trinajstić information content (AvgIpc) is 3.27. The van der Waals surface area contributed by atoms with Gasteiger partial charge in [-0.25, -0.2) is 9.37 Å². The number of rotatable bonds is 3. The van der Waals surface area contributed by atoms with Gasteiger partial charge in [0.1, 0.15) is 17.3 Å². The molecule has 3 heterocycles. The van der Waals surface area contributed by atoms with Crippen molar-refractivity contribution in [1.82, 2.24) is 14.5 Å². The Kier molecular flexibility index (Phi) is 5.79. The lowest BCUT2D eigenvalue weighted by Gasteiger charge is -2.36. The lowest BCUT2D eigenvalue weighted by Crippen LogP contribution is -2.49. The molecule has 2 aliphatic rings. The van der Waals surface area contributed by atoms with Crippen molar-refractivity contribution in [3.8, 4) is 0 Å². The smallest absolute Gasteiger partial charge is 0.368 e. The van der Waals surface area contributed by atoms with Crippen LogP contribution >= 0.6 is 0 Å². The molecule has 1 saturated heterocycles. The number of carbonyl (C=O) groups excluding carboxylic acids is 1. The van der Waals surface area contributed by atoms with Gasteiger partial charge in [0.2, 0.25) is 0 Å². The predicted octanol–water partition coefficient (Wildman–Crippen LogP) is 4.73. The summed E-state index contributed by atoms with van der Waals surface area (Å²) in [6, 6.07) is 11.8. The Hall–Kier alpha value is -3.36. The molecule has 0 radical (unpaired) electrons. The summed E-state index contributed by atoms with van der Waals surface area (Å²) in [4.78, 5) is 21.2. The molecule has 1 amide bonds. The highest BCUT2D eigenvalue weighted by molar-refractivity contribution is 5.92. The van der Waals surface area contributed by atoms with E-state index in [4.69, 9.17) is 0 Å². The molecule has 5 nitrogen and oxygen atoms in total. The second-order valence-electron chi connectivity index (χ2n) is 8.81. The first kappa shape index (κ1) is 22.4. The molecule has 5 rings (SSSR count). The Morgan fingerprint density at radius 3 is 2.44 bits per heavy atom. The largest absolute Gasteiger partial charge is 0.416 e. The van der Waals surface area contributed by atoms with Crippen molar-refractivity contribution < 1.29 is 22.4 Å². The number of alkyl halides is 3. The van der Waals surface area contributed by atoms with Crippen LogP contribution in [0.2, 0.25) is 0 Å². The van der Waals surface area contributed by atoms with Gasteiger partial charge in [0.25, 0.3) is 5.91 Å². The Morgan fingerprint density at radius 2 is 1.74 bits per heavy atom. The molecule has 0 N–H and O–H groups in total. The quantitative estimate of drug-likeness (QED) is 0.518. The minimum atomic E-state index is -4.39. The molecule has 0 bridgehead atoms. The van der Waals surface area contributed by atoms with Gasteiger partial charge in [0.05, 0.1) is 5.56 Å². The monoisotopic (exact) mass is 472 g/mol. The van der Waals surface area contributed by atoms with E-state index in [0.29, 0.717) is 44.1 Å². The first-order valence-corrected chi connectivity index (χ1v) is 11.3. The van der Waals surface area contributed by atoms with Gasteiger partial charge in [-0.15, -0.1) is 0 Å². The number of imidazole rings is 1. The molecule has 0 saturated carbocycles. The molecule has 178 valence electrons. The van der Waals surface area contributed by atoms with Crippen molar-refractivity contribution >= 4 is 11.6 Å². The van der Waals surface area contributed by atoms with E-state index in [1.807, 2.05) is 9.47 Å². The van der Waals surface area contributed by atoms with Gasteiger partial charge in [0, 0.05) is 56.9 Å². The van der Waals surface area contributed by atoms with Crippen molar-refractivity contribution in [1.29, 1.82) is 0 Å². The summed E-state index contributed by atoms with van der Waals surface area (Å²) < 4.78 is 54.3. The highest BCUT2D eigenvalue weighted by atomic mass is 19.4. The third-order valence-corrected chi connectivity index (χ3v) is 6.66. The second kappa shape index (κ2) is 8.77. The van der Waals surface area contributed by atoms with Gasteiger partial charge in [0.15, 0.2) is 0 Å². The number of benzene rings is 2. The summed E-state index contributed by atoms with van der Waals surface area (Å²) in [5.74, 6) is 0.679. The maximum Gasteiger partial charge on any atom is 0.416 e. The SMILES string of the molecule is O=C(c1cn2c(n1)CCC(c1ccc(F)cc1)C2)N1CCN(c2cccc(C(F)(F)F)c2)CC1. The minimum absolute atomic E-state index is 0.163. The van der Waals surface area contributed by atoms with Crippen LogP contribution in [0.5, 0.6) is 0 Å². The molecular formula is C25H24F4N4O. The molecule has 2 aliphatic heterocycles. The predicted molar refractivity (Wildman–Crippen MR) is 119 cm³/mol. The zero-order chi connectivity index (χ0) is 23.9. The number of fused-ring (bicyclic) bond motifs is 1. The van der Waals surface area contributed by atoms with Crippen molar-refractivity contribution in [2.24, 2.45) is 0 Å². The third kappa shape index (κ3) is 4.51. The number of piperazine rings is 1. The summed E-state index contributed by atoms with van der Waals surface area (Å²) in [7, 11) is 0. The molecule has 0 aliphatic carbocycles. The van der Waals surface area contributed by atoms with E-state index in [1.54, 1.807) is 29.3 Å². The highest BCUT2D eigenvalue weighted by Gasteiger charge is 2.32. The van der Waals surface area contributed by atoms with Gasteiger partial charge in [-0.2, -0.15) is 13.2 Å². The minimum Gasteiger partial charge on any atom is -0.368 e. The van der Waals surface area contributed by atoms with Gasteiger partial charge < -0.3 is 14.4 Å². The van der Waals surface area contributed by atoms with Crippen LogP contribution in [-0.4, -0.2) is 46.5 Å². The van der Waals surface area contributed by atoms with Crippen LogP contribution in [0.4, 0.5) is 23.2 Å². The van der Waals surface area contributed by atoms with E-state index >= 15 is 0 Å². The summed E-state index contributed by atoms with van der Waals surface area (Å²) in [5, 5.41) is 0. The summed E-state index contributed by atoms with van der Waals surface area (Å²) in [6.07, 6.45) is -0.985. The molecule has 1 atom stereocenters. The number of amides is 1. The van der Waals surface area contributed by atoms with Crippen LogP contribution in [0.25, 0.3) is 0 Å². The van der Waals surface area contributed by atoms with Crippen molar-refractivity contribution in [2.45, 2.75) is 31.5 Å². The average molecular weight is 472 g/mol. The fourth-order valence-corrected chi connectivity index (χ4v) is 4.76. The van der Waals surface area contributed by atoms with Gasteiger partial charge >= 0.3 is 6.18 Å². The van der Waals surface area contributed by atoms with Gasteiger partial charge in [-0.05, 0) is 42.3 Å². The van der Waals surface area contributed by atoms with E-state index < -0.39 is 11.7 Å². The lowest BCUT2D eigenvalue weighted by atomic mass is 9.92. The van der Waals surface area contributed by atoms with Crippen molar-refractivity contribution in [3.05, 3.63) is 83.2 Å². The van der Waals surface area contributed by atoms with Crippen LogP contribution in [0, 0.1) is 5.82 Å². The van der Waals surface area contributed by atoms with E-state index in [2.05, 4.69) is 4.98 Å². The van der Waals surface area contributed by atoms with Gasteiger partial charge in [-0.1, -0.05) is 18.2 Å². The van der Waals surface area contributed by atoms with E-state index in [9.17, 15) is 22.4 Å². The Balaban J connectivity index is 1.23. The summed E-state index contributed by atoms with van der Waals surface area (Å²) in [6.45, 7) is 2.41. The fraction of sp³-hybridized carbons (Fsp3) is 0.360. The number of aryl methyl sites for hydroxylation is 1. The molecule has 1 aromatic heterocycles. The van der Waals surface area contributed by atoms with Crippen LogP contribution < -0.4 is 4.90 Å². The van der Waals surface area contributed by atoms with E-state index in [-0.39, 0.29) is 17.6 Å². The van der Waals surface area contributed by atoms with E-state index in [1.165, 1.54) is 18.2 Å². The zero-order valence-electron chi connectivity index (χ0n) is 18.4. The first-order chi connectivity index (χ1) is 16.3. The number of hydrogen-bond donors (Lipinski definition) is 0. The van der Waals surface area contributed by atoms with Crippen LogP contribution in [0.15, 0.2) is 54.7 Å². The van der Waals surface area contributed by atoms with Crippen LogP contribution in [0.1, 0.15) is 39.8 Å².